The Bertz CT molecular complexity index is 3350. The minimum Gasteiger partial charge on any atom is -0.456 e. The van der Waals surface area contributed by atoms with Gasteiger partial charge in [-0.1, -0.05) is 133 Å². The minimum absolute atomic E-state index is 0.0198. The molecule has 1 heterocycles. The number of benzene rings is 8. The number of fused-ring (bicyclic) bond motifs is 14. The summed E-state index contributed by atoms with van der Waals surface area (Å²) < 4.78 is 124. The zero-order valence-corrected chi connectivity index (χ0v) is 23.9. The highest BCUT2D eigenvalue weighted by Gasteiger charge is 2.52. The summed E-state index contributed by atoms with van der Waals surface area (Å²) in [5.41, 5.74) is 2.73. The maximum Gasteiger partial charge on any atom is 0.135 e. The van der Waals surface area contributed by atoms with Crippen LogP contribution in [0.25, 0.3) is 66.1 Å². The van der Waals surface area contributed by atoms with Gasteiger partial charge in [-0.05, 0) is 102 Å². The van der Waals surface area contributed by atoms with Crippen molar-refractivity contribution >= 4 is 21.5 Å². The van der Waals surface area contributed by atoms with Gasteiger partial charge in [0, 0.05) is 10.9 Å². The molecule has 8 aromatic carbocycles. The van der Waals surface area contributed by atoms with Crippen LogP contribution in [-0.2, 0) is 5.41 Å². The van der Waals surface area contributed by atoms with Gasteiger partial charge in [0.2, 0.25) is 0 Å². The molecule has 0 amide bonds. The maximum atomic E-state index is 10.2. The lowest BCUT2D eigenvalue weighted by Crippen LogP contribution is -2.25. The van der Waals surface area contributed by atoms with Gasteiger partial charge in [0.1, 0.15) is 11.5 Å². The molecule has 1 unspecified atom stereocenters. The molecule has 11 rings (SSSR count). The number of hydrogen-bond acceptors (Lipinski definition) is 1. The van der Waals surface area contributed by atoms with Crippen LogP contribution in [0.2, 0.25) is 0 Å². The third kappa shape index (κ3) is 2.91. The summed E-state index contributed by atoms with van der Waals surface area (Å²) in [5.74, 6) is 0.0412. The van der Waals surface area contributed by atoms with E-state index in [4.69, 9.17) is 15.7 Å². The first-order valence-electron chi connectivity index (χ1n) is 21.5. The fraction of sp³-hybridized carbons (Fsp3) is 0.0222. The van der Waals surface area contributed by atoms with Gasteiger partial charge >= 0.3 is 0 Å². The summed E-state index contributed by atoms with van der Waals surface area (Å²) in [5, 5.41) is 1.82. The van der Waals surface area contributed by atoms with Crippen molar-refractivity contribution in [3.63, 3.8) is 0 Å². The Balaban J connectivity index is 1.28. The molecule has 0 aromatic heterocycles. The van der Waals surface area contributed by atoms with Crippen LogP contribution in [-0.4, -0.2) is 0 Å². The first-order valence-corrected chi connectivity index (χ1v) is 15.0. The van der Waals surface area contributed by atoms with E-state index in [0.29, 0.717) is 11.1 Å². The molecule has 1 nitrogen and oxygen atoms in total. The van der Waals surface area contributed by atoms with E-state index in [2.05, 4.69) is 0 Å². The van der Waals surface area contributed by atoms with Crippen molar-refractivity contribution < 1.29 is 22.6 Å². The van der Waals surface area contributed by atoms with Crippen LogP contribution in [0, 0.1) is 0 Å². The number of rotatable bonds is 1. The molecule has 1 atom stereocenters. The predicted molar refractivity (Wildman–Crippen MR) is 189 cm³/mol. The van der Waals surface area contributed by atoms with Gasteiger partial charge < -0.3 is 4.74 Å². The lowest BCUT2D eigenvalue weighted by Gasteiger charge is -2.31. The van der Waals surface area contributed by atoms with E-state index in [1.54, 1.807) is 12.1 Å². The highest BCUT2D eigenvalue weighted by molar-refractivity contribution is 6.07. The van der Waals surface area contributed by atoms with Gasteiger partial charge in [0.25, 0.3) is 0 Å². The van der Waals surface area contributed by atoms with Crippen LogP contribution in [0.15, 0.2) is 157 Å². The largest absolute Gasteiger partial charge is 0.456 e. The Morgan fingerprint density at radius 2 is 1.30 bits per heavy atom. The van der Waals surface area contributed by atoms with Crippen molar-refractivity contribution in [2.45, 2.75) is 5.41 Å². The van der Waals surface area contributed by atoms with Gasteiger partial charge in [-0.15, -0.1) is 0 Å². The molecule has 2 aliphatic carbocycles. The summed E-state index contributed by atoms with van der Waals surface area (Å²) in [6.07, 6.45) is 0. The minimum atomic E-state index is -1.50. The molecule has 212 valence electrons. The van der Waals surface area contributed by atoms with Crippen molar-refractivity contribution in [2.24, 2.45) is 0 Å². The highest BCUT2D eigenvalue weighted by Crippen LogP contribution is 2.64. The number of hydrogen-bond donors (Lipinski definition) is 0. The monoisotopic (exact) mass is 595 g/mol. The summed E-state index contributed by atoms with van der Waals surface area (Å²) in [6, 6.07) is 18.9. The summed E-state index contributed by atoms with van der Waals surface area (Å²) in [7, 11) is 0. The normalized spacial score (nSPS) is 20.0. The van der Waals surface area contributed by atoms with E-state index in [1.807, 2.05) is 60.7 Å². The standard InChI is InChI=1S/C45H26O/c1-2-12-31-27(9-1)20-23-39-44(31)35-14-4-6-17-38(35)45(39)37-16-5-3-13-32(37)33-22-19-30(26-40(33)45)29-21-24-41-36(25-29)34-15-7-10-28-11-8-18-42(46-41)43(28)34/h1-26H/i3D,5D,7D,8D,10D,11D,13D,15D,16D,18D,19D,22D,26D. The van der Waals surface area contributed by atoms with E-state index in [9.17, 15) is 6.85 Å². The Morgan fingerprint density at radius 1 is 0.478 bits per heavy atom. The lowest BCUT2D eigenvalue weighted by atomic mass is 9.70. The smallest absolute Gasteiger partial charge is 0.135 e. The second kappa shape index (κ2) is 8.62. The van der Waals surface area contributed by atoms with Crippen molar-refractivity contribution in [1.29, 1.82) is 0 Å². The first kappa shape index (κ1) is 15.4. The van der Waals surface area contributed by atoms with E-state index in [1.165, 1.54) is 6.07 Å². The van der Waals surface area contributed by atoms with Gasteiger partial charge in [-0.2, -0.15) is 0 Å². The molecule has 0 saturated carbocycles. The van der Waals surface area contributed by atoms with Gasteiger partial charge in [0.05, 0.1) is 23.2 Å². The van der Waals surface area contributed by atoms with E-state index in [0.717, 1.165) is 21.9 Å². The SMILES string of the molecule is [2H]c1c([2H])c([2H])c2c(c1[2H])-c1c([2H])c([2H])c(-c3ccc4c(c3)-c3c([2H])c([2H])c([2H])c5c([2H])c([2H])c([2H])c(c35)O4)c([2H])c1C21c2ccccc2-c2c1ccc1ccccc21. The second-order valence-electron chi connectivity index (χ2n) is 11.8. The van der Waals surface area contributed by atoms with Crippen molar-refractivity contribution in [1.82, 2.24) is 0 Å². The summed E-state index contributed by atoms with van der Waals surface area (Å²) >= 11 is 0. The molecule has 0 radical (unpaired) electrons. The van der Waals surface area contributed by atoms with Crippen LogP contribution in [0.1, 0.15) is 40.1 Å². The van der Waals surface area contributed by atoms with Crippen molar-refractivity contribution in [3.8, 4) is 56.0 Å². The zero-order chi connectivity index (χ0) is 41.3. The molecule has 1 aliphatic heterocycles. The fourth-order valence-corrected chi connectivity index (χ4v) is 7.81. The van der Waals surface area contributed by atoms with E-state index >= 15 is 0 Å². The van der Waals surface area contributed by atoms with Gasteiger partial charge in [-0.3, -0.25) is 0 Å². The third-order valence-electron chi connectivity index (χ3n) is 9.65. The summed E-state index contributed by atoms with van der Waals surface area (Å²) in [6.45, 7) is 0. The van der Waals surface area contributed by atoms with Gasteiger partial charge in [-0.25, -0.2) is 0 Å². The van der Waals surface area contributed by atoms with Crippen LogP contribution in [0.3, 0.4) is 0 Å². The second-order valence-corrected chi connectivity index (χ2v) is 11.8. The van der Waals surface area contributed by atoms with Crippen LogP contribution < -0.4 is 4.74 Å². The average molecular weight is 596 g/mol. The third-order valence-corrected chi connectivity index (χ3v) is 9.65. The Kier molecular flexibility index (Phi) is 2.88. The van der Waals surface area contributed by atoms with Crippen LogP contribution >= 0.6 is 0 Å². The Morgan fingerprint density at radius 3 is 2.28 bits per heavy atom. The number of ether oxygens (including phenoxy) is 1. The molecule has 0 N–H and O–H groups in total. The maximum absolute atomic E-state index is 10.2. The molecule has 0 saturated heterocycles. The molecule has 0 fully saturated rings. The van der Waals surface area contributed by atoms with Crippen LogP contribution in [0.5, 0.6) is 11.5 Å². The predicted octanol–water partition coefficient (Wildman–Crippen LogP) is 11.8. The van der Waals surface area contributed by atoms with E-state index < -0.39 is 47.7 Å². The molecule has 0 bridgehead atoms. The Hall–Kier alpha value is -5.92. The first-order chi connectivity index (χ1) is 28.2. The highest BCUT2D eigenvalue weighted by atomic mass is 16.5. The van der Waals surface area contributed by atoms with E-state index in [-0.39, 0.29) is 103 Å². The molecular weight excluding hydrogens is 556 g/mol. The van der Waals surface area contributed by atoms with Gasteiger partial charge in [0.15, 0.2) is 0 Å². The molecule has 3 aliphatic rings. The average Bonchev–Trinajstić information content (AvgIpc) is 3.73. The molecular formula is C45H26O. The zero-order valence-electron chi connectivity index (χ0n) is 36.9. The fourth-order valence-electron chi connectivity index (χ4n) is 7.81. The topological polar surface area (TPSA) is 9.23 Å². The molecule has 1 heteroatoms. The molecule has 1 spiro atoms. The molecule has 8 aromatic rings. The Labute approximate surface area is 285 Å². The van der Waals surface area contributed by atoms with Crippen molar-refractivity contribution in [2.75, 3.05) is 0 Å². The molecule has 46 heavy (non-hydrogen) atoms. The van der Waals surface area contributed by atoms with Crippen LogP contribution in [0.4, 0.5) is 0 Å². The summed E-state index contributed by atoms with van der Waals surface area (Å²) in [4.78, 5) is 0. The lowest BCUT2D eigenvalue weighted by molar-refractivity contribution is 0.487. The van der Waals surface area contributed by atoms with Crippen molar-refractivity contribution in [3.05, 3.63) is 180 Å². The quantitative estimate of drug-likeness (QED) is 0.183.